The molecule has 0 amide bonds. The summed E-state index contributed by atoms with van der Waals surface area (Å²) in [6, 6.07) is 0. The Balaban J connectivity index is 2.17. The molecule has 0 spiro atoms. The number of ether oxygens (including phenoxy) is 1. The van der Waals surface area contributed by atoms with E-state index in [9.17, 15) is 0 Å². The first-order valence-corrected chi connectivity index (χ1v) is 7.33. The van der Waals surface area contributed by atoms with Crippen molar-refractivity contribution in [2.24, 2.45) is 0 Å². The summed E-state index contributed by atoms with van der Waals surface area (Å²) in [6.45, 7) is 9.55. The Morgan fingerprint density at radius 3 is 2.79 bits per heavy atom. The molecule has 0 fully saturated rings. The topological polar surface area (TPSA) is 47.8 Å². The number of hydrogen-bond donors (Lipinski definition) is 1. The monoisotopic (exact) mass is 282 g/mol. The Hall–Kier alpha value is -1.14. The molecule has 106 valence electrons. The first-order valence-electron chi connectivity index (χ1n) is 6.92. The lowest BCUT2D eigenvalue weighted by atomic mass is 10.4. The van der Waals surface area contributed by atoms with Crippen LogP contribution in [0.5, 0.6) is 0 Å². The minimum absolute atomic E-state index is 0.771. The molecule has 0 unspecified atom stereocenters. The van der Waals surface area contributed by atoms with E-state index < -0.39 is 0 Å². The molecule has 0 bridgehead atoms. The molecule has 0 radical (unpaired) electrons. The van der Waals surface area contributed by atoms with Gasteiger partial charge in [0.1, 0.15) is 5.52 Å². The quantitative estimate of drug-likeness (QED) is 0.627. The Labute approximate surface area is 118 Å². The molecule has 0 saturated heterocycles. The van der Waals surface area contributed by atoms with Crippen LogP contribution in [-0.2, 0) is 17.8 Å². The third kappa shape index (κ3) is 2.90. The van der Waals surface area contributed by atoms with Gasteiger partial charge in [-0.15, -0.1) is 0 Å². The van der Waals surface area contributed by atoms with E-state index in [0.29, 0.717) is 0 Å². The fourth-order valence-electron chi connectivity index (χ4n) is 2.26. The number of aromatic nitrogens is 4. The largest absolute Gasteiger partial charge is 0.381 e. The molecule has 2 aromatic heterocycles. The smallest absolute Gasteiger partial charge is 0.179 e. The highest BCUT2D eigenvalue weighted by Gasteiger charge is 2.13. The van der Waals surface area contributed by atoms with E-state index in [2.05, 4.69) is 28.5 Å². The zero-order valence-electron chi connectivity index (χ0n) is 11.9. The molecule has 1 N–H and O–H groups in total. The van der Waals surface area contributed by atoms with Crippen molar-refractivity contribution in [3.63, 3.8) is 0 Å². The number of H-pyrrole nitrogens is 1. The zero-order valence-corrected chi connectivity index (χ0v) is 12.7. The van der Waals surface area contributed by atoms with Gasteiger partial charge in [-0.2, -0.15) is 5.10 Å². The van der Waals surface area contributed by atoms with E-state index in [-0.39, 0.29) is 0 Å². The number of hydrogen-bond acceptors (Lipinski definition) is 3. The van der Waals surface area contributed by atoms with Gasteiger partial charge in [0, 0.05) is 26.3 Å². The van der Waals surface area contributed by atoms with Crippen LogP contribution in [0.1, 0.15) is 32.4 Å². The summed E-state index contributed by atoms with van der Waals surface area (Å²) in [5.74, 6) is 0. The van der Waals surface area contributed by atoms with E-state index in [1.807, 2.05) is 11.6 Å². The second-order valence-electron chi connectivity index (χ2n) is 4.65. The molecule has 0 aliphatic rings. The van der Waals surface area contributed by atoms with Gasteiger partial charge in [-0.3, -0.25) is 0 Å². The molecule has 19 heavy (non-hydrogen) atoms. The zero-order chi connectivity index (χ0) is 13.8. The van der Waals surface area contributed by atoms with E-state index >= 15 is 0 Å². The average Bonchev–Trinajstić information content (AvgIpc) is 2.88. The van der Waals surface area contributed by atoms with Crippen LogP contribution in [0.25, 0.3) is 11.2 Å². The average molecular weight is 282 g/mol. The number of fused-ring (bicyclic) bond motifs is 1. The van der Waals surface area contributed by atoms with Gasteiger partial charge in [0.2, 0.25) is 0 Å². The molecule has 0 aliphatic carbocycles. The first-order chi connectivity index (χ1) is 9.19. The van der Waals surface area contributed by atoms with Gasteiger partial charge < -0.3 is 14.3 Å². The highest BCUT2D eigenvalue weighted by atomic mass is 32.1. The van der Waals surface area contributed by atoms with Gasteiger partial charge in [0.15, 0.2) is 10.4 Å². The van der Waals surface area contributed by atoms with Gasteiger partial charge in [-0.05, 0) is 38.9 Å². The van der Waals surface area contributed by atoms with Crippen molar-refractivity contribution in [2.45, 2.75) is 46.7 Å². The van der Waals surface area contributed by atoms with Crippen molar-refractivity contribution in [1.29, 1.82) is 0 Å². The number of aryl methyl sites for hydroxylation is 3. The molecular weight excluding hydrogens is 260 g/mol. The molecule has 2 heterocycles. The minimum Gasteiger partial charge on any atom is -0.381 e. The van der Waals surface area contributed by atoms with Crippen LogP contribution < -0.4 is 0 Å². The summed E-state index contributed by atoms with van der Waals surface area (Å²) in [5, 5.41) is 4.51. The van der Waals surface area contributed by atoms with Crippen LogP contribution in [0.15, 0.2) is 0 Å². The van der Waals surface area contributed by atoms with Gasteiger partial charge in [-0.25, -0.2) is 4.68 Å². The Morgan fingerprint density at radius 2 is 2.11 bits per heavy atom. The SMILES string of the molecule is CCCOCCCn1c(=S)[nH]c2c(C)nn(CC)c21. The molecule has 0 aromatic carbocycles. The molecule has 0 atom stereocenters. The lowest BCUT2D eigenvalue weighted by Crippen LogP contribution is -2.07. The number of imidazole rings is 1. The maximum absolute atomic E-state index is 5.51. The number of aromatic amines is 1. The first kappa shape index (κ1) is 14.3. The summed E-state index contributed by atoms with van der Waals surface area (Å²) in [7, 11) is 0. The summed E-state index contributed by atoms with van der Waals surface area (Å²) in [5.41, 5.74) is 3.16. The second kappa shape index (κ2) is 6.34. The van der Waals surface area contributed by atoms with Crippen LogP contribution in [0, 0.1) is 11.7 Å². The third-order valence-electron chi connectivity index (χ3n) is 3.15. The summed E-state index contributed by atoms with van der Waals surface area (Å²) < 4.78 is 10.4. The third-order valence-corrected chi connectivity index (χ3v) is 3.47. The summed E-state index contributed by atoms with van der Waals surface area (Å²) in [4.78, 5) is 3.26. The minimum atomic E-state index is 0.771. The van der Waals surface area contributed by atoms with Crippen molar-refractivity contribution in [2.75, 3.05) is 13.2 Å². The lowest BCUT2D eigenvalue weighted by molar-refractivity contribution is 0.129. The Morgan fingerprint density at radius 1 is 1.32 bits per heavy atom. The number of nitrogens with one attached hydrogen (secondary N) is 1. The van der Waals surface area contributed by atoms with E-state index in [1.165, 1.54) is 0 Å². The van der Waals surface area contributed by atoms with Crippen molar-refractivity contribution < 1.29 is 4.74 Å². The maximum atomic E-state index is 5.51. The highest BCUT2D eigenvalue weighted by Crippen LogP contribution is 2.18. The van der Waals surface area contributed by atoms with Crippen molar-refractivity contribution >= 4 is 23.4 Å². The maximum Gasteiger partial charge on any atom is 0.179 e. The predicted octanol–water partition coefficient (Wildman–Crippen LogP) is 3.04. The number of nitrogens with zero attached hydrogens (tertiary/aromatic N) is 3. The molecule has 0 saturated carbocycles. The van der Waals surface area contributed by atoms with Crippen LogP contribution in [-0.4, -0.2) is 32.5 Å². The molecule has 2 rings (SSSR count). The van der Waals surface area contributed by atoms with Crippen LogP contribution in [0.3, 0.4) is 0 Å². The lowest BCUT2D eigenvalue weighted by Gasteiger charge is -2.06. The molecule has 6 heteroatoms. The van der Waals surface area contributed by atoms with E-state index in [4.69, 9.17) is 17.0 Å². The Bertz CT molecular complexity index is 596. The fourth-order valence-corrected chi connectivity index (χ4v) is 2.54. The van der Waals surface area contributed by atoms with Gasteiger partial charge in [-0.1, -0.05) is 6.92 Å². The van der Waals surface area contributed by atoms with E-state index in [1.54, 1.807) is 0 Å². The van der Waals surface area contributed by atoms with Crippen LogP contribution in [0.2, 0.25) is 0 Å². The fraction of sp³-hybridized carbons (Fsp3) is 0.692. The van der Waals surface area contributed by atoms with E-state index in [0.717, 1.165) is 60.8 Å². The normalized spacial score (nSPS) is 11.5. The number of rotatable bonds is 7. The second-order valence-corrected chi connectivity index (χ2v) is 5.03. The van der Waals surface area contributed by atoms with Crippen molar-refractivity contribution in [3.05, 3.63) is 10.5 Å². The van der Waals surface area contributed by atoms with Gasteiger partial charge >= 0.3 is 0 Å². The molecule has 5 nitrogen and oxygen atoms in total. The molecular formula is C13H22N4OS. The predicted molar refractivity (Wildman–Crippen MR) is 79.0 cm³/mol. The standard InChI is InChI=1S/C13H22N4OS/c1-4-8-18-9-6-7-16-12-11(14-13(16)19)10(3)15-17(12)5-2/h4-9H2,1-3H3,(H,14,19). The van der Waals surface area contributed by atoms with Crippen LogP contribution in [0.4, 0.5) is 0 Å². The van der Waals surface area contributed by atoms with Crippen LogP contribution >= 0.6 is 12.2 Å². The van der Waals surface area contributed by atoms with Crippen molar-refractivity contribution in [3.8, 4) is 0 Å². The summed E-state index contributed by atoms with van der Waals surface area (Å²) in [6.07, 6.45) is 2.03. The molecule has 2 aromatic rings. The van der Waals surface area contributed by atoms with Gasteiger partial charge in [0.05, 0.1) is 5.69 Å². The van der Waals surface area contributed by atoms with Gasteiger partial charge in [0.25, 0.3) is 0 Å². The van der Waals surface area contributed by atoms with Crippen molar-refractivity contribution in [1.82, 2.24) is 19.3 Å². The highest BCUT2D eigenvalue weighted by molar-refractivity contribution is 7.71. The Kier molecular flexibility index (Phi) is 4.76. The summed E-state index contributed by atoms with van der Waals surface area (Å²) >= 11 is 5.40. The molecule has 0 aliphatic heterocycles.